The summed E-state index contributed by atoms with van der Waals surface area (Å²) >= 11 is 6.06. The smallest absolute Gasteiger partial charge is 0.243 e. The molecule has 0 saturated heterocycles. The number of benzene rings is 3. The van der Waals surface area contributed by atoms with E-state index >= 15 is 0 Å². The highest BCUT2D eigenvalue weighted by Crippen LogP contribution is 2.31. The van der Waals surface area contributed by atoms with Crippen LogP contribution >= 0.6 is 11.6 Å². The molecular weight excluding hydrogens is 448 g/mol. The first kappa shape index (κ1) is 23.8. The zero-order chi connectivity index (χ0) is 23.3. The molecule has 0 heterocycles. The van der Waals surface area contributed by atoms with Gasteiger partial charge in [0.2, 0.25) is 15.9 Å². The van der Waals surface area contributed by atoms with Gasteiger partial charge in [-0.25, -0.2) is 8.42 Å². The summed E-state index contributed by atoms with van der Waals surface area (Å²) in [7, 11) is -0.798. The normalized spacial score (nSPS) is 12.4. The number of hydrogen-bond donors (Lipinski definition) is 1. The van der Waals surface area contributed by atoms with Crippen LogP contribution in [0.25, 0.3) is 0 Å². The minimum atomic E-state index is -3.83. The minimum absolute atomic E-state index is 0.0825. The van der Waals surface area contributed by atoms with Gasteiger partial charge in [-0.15, -0.1) is 0 Å². The molecule has 0 saturated carbocycles. The summed E-state index contributed by atoms with van der Waals surface area (Å²) in [6, 6.07) is 19.6. The van der Waals surface area contributed by atoms with E-state index in [-0.39, 0.29) is 17.2 Å². The van der Waals surface area contributed by atoms with E-state index in [1.807, 2.05) is 13.0 Å². The molecule has 1 N–H and O–H groups in total. The number of methoxy groups -OCH3 is 1. The van der Waals surface area contributed by atoms with Crippen LogP contribution < -0.4 is 10.1 Å². The molecule has 3 rings (SSSR count). The Morgan fingerprint density at radius 1 is 1.06 bits per heavy atom. The number of carbonyl (C=O) groups is 1. The Kier molecular flexibility index (Phi) is 7.56. The highest BCUT2D eigenvalue weighted by Gasteiger charge is 2.31. The van der Waals surface area contributed by atoms with E-state index in [1.165, 1.54) is 23.5 Å². The summed E-state index contributed by atoms with van der Waals surface area (Å²) in [6.45, 7) is 1.86. The maximum absolute atomic E-state index is 13.3. The monoisotopic (exact) mass is 472 g/mol. The molecule has 8 heteroatoms. The number of halogens is 1. The molecule has 0 aliphatic heterocycles. The summed E-state index contributed by atoms with van der Waals surface area (Å²) in [5.74, 6) is 0.311. The van der Waals surface area contributed by atoms with Crippen LogP contribution in [-0.4, -0.2) is 32.8 Å². The van der Waals surface area contributed by atoms with Crippen molar-refractivity contribution < 1.29 is 17.9 Å². The molecule has 1 amide bonds. The molecule has 0 aromatic heterocycles. The van der Waals surface area contributed by atoms with E-state index in [0.717, 1.165) is 5.56 Å². The Bertz CT molecular complexity index is 1180. The van der Waals surface area contributed by atoms with Crippen LogP contribution in [0, 0.1) is 6.92 Å². The molecular formula is C24H25ClN2O4S. The first-order valence-corrected chi connectivity index (χ1v) is 11.8. The molecule has 0 spiro atoms. The third-order valence-electron chi connectivity index (χ3n) is 5.21. The van der Waals surface area contributed by atoms with Crippen molar-refractivity contribution in [2.75, 3.05) is 19.5 Å². The van der Waals surface area contributed by atoms with E-state index in [9.17, 15) is 13.2 Å². The molecule has 0 aliphatic carbocycles. The zero-order valence-corrected chi connectivity index (χ0v) is 19.7. The highest BCUT2D eigenvalue weighted by molar-refractivity contribution is 7.89. The number of aryl methyl sites for hydroxylation is 1. The maximum atomic E-state index is 13.3. The number of ether oxygens (including phenoxy) is 1. The summed E-state index contributed by atoms with van der Waals surface area (Å²) in [5.41, 5.74) is 2.12. The number of amides is 1. The van der Waals surface area contributed by atoms with Gasteiger partial charge in [0, 0.05) is 24.2 Å². The van der Waals surface area contributed by atoms with Gasteiger partial charge in [0.25, 0.3) is 0 Å². The fourth-order valence-electron chi connectivity index (χ4n) is 3.31. The van der Waals surface area contributed by atoms with E-state index in [1.54, 1.807) is 61.7 Å². The van der Waals surface area contributed by atoms with Crippen LogP contribution in [0.2, 0.25) is 5.02 Å². The molecule has 0 unspecified atom stereocenters. The van der Waals surface area contributed by atoms with Crippen LogP contribution in [0.1, 0.15) is 23.6 Å². The zero-order valence-electron chi connectivity index (χ0n) is 18.1. The number of rotatable bonds is 8. The second-order valence-electron chi connectivity index (χ2n) is 7.33. The Labute approximate surface area is 193 Å². The van der Waals surface area contributed by atoms with E-state index in [4.69, 9.17) is 16.3 Å². The molecule has 0 bridgehead atoms. The van der Waals surface area contributed by atoms with E-state index in [0.29, 0.717) is 22.0 Å². The van der Waals surface area contributed by atoms with Crippen LogP contribution in [0.15, 0.2) is 77.7 Å². The summed E-state index contributed by atoms with van der Waals surface area (Å²) in [6.07, 6.45) is -0.0825. The van der Waals surface area contributed by atoms with Gasteiger partial charge in [-0.2, -0.15) is 4.31 Å². The topological polar surface area (TPSA) is 75.7 Å². The van der Waals surface area contributed by atoms with Crippen LogP contribution in [0.3, 0.4) is 0 Å². The standard InChI is InChI=1S/C24H25ClN2O4S/c1-17-9-12-19(25)15-22(17)26-24(28)16-23(18-10-13-20(31-3)14-11-18)27(2)32(29,30)21-7-5-4-6-8-21/h4-15,23H,16H2,1-3H3,(H,26,28)/t23-/m1/s1. The molecule has 3 aromatic rings. The fraction of sp³-hybridized carbons (Fsp3) is 0.208. The van der Waals surface area contributed by atoms with Gasteiger partial charge in [-0.3, -0.25) is 4.79 Å². The summed E-state index contributed by atoms with van der Waals surface area (Å²) in [5, 5.41) is 3.35. The summed E-state index contributed by atoms with van der Waals surface area (Å²) < 4.78 is 33.0. The Morgan fingerprint density at radius 2 is 1.72 bits per heavy atom. The van der Waals surface area contributed by atoms with Crippen LogP contribution in [0.5, 0.6) is 5.75 Å². The second kappa shape index (κ2) is 10.2. The Hall–Kier alpha value is -2.87. The first-order valence-electron chi connectivity index (χ1n) is 9.95. The largest absolute Gasteiger partial charge is 0.497 e. The third-order valence-corrected chi connectivity index (χ3v) is 7.33. The molecule has 0 radical (unpaired) electrons. The van der Waals surface area contributed by atoms with Gasteiger partial charge in [0.05, 0.1) is 18.0 Å². The predicted molar refractivity (Wildman–Crippen MR) is 127 cm³/mol. The lowest BCUT2D eigenvalue weighted by molar-refractivity contribution is -0.117. The lowest BCUT2D eigenvalue weighted by atomic mass is 10.0. The van der Waals surface area contributed by atoms with Crippen molar-refractivity contribution in [1.29, 1.82) is 0 Å². The van der Waals surface area contributed by atoms with Crippen molar-refractivity contribution in [1.82, 2.24) is 4.31 Å². The number of nitrogens with zero attached hydrogens (tertiary/aromatic N) is 1. The quantitative estimate of drug-likeness (QED) is 0.498. The van der Waals surface area contributed by atoms with Gasteiger partial charge in [-0.05, 0) is 54.4 Å². The number of nitrogens with one attached hydrogen (secondary N) is 1. The van der Waals surface area contributed by atoms with Gasteiger partial charge in [0.15, 0.2) is 0 Å². The van der Waals surface area contributed by atoms with Crippen LogP contribution in [0.4, 0.5) is 5.69 Å². The van der Waals surface area contributed by atoms with E-state index < -0.39 is 16.1 Å². The number of anilines is 1. The van der Waals surface area contributed by atoms with Crippen molar-refractivity contribution in [2.24, 2.45) is 0 Å². The van der Waals surface area contributed by atoms with Crippen molar-refractivity contribution in [3.05, 3.63) is 88.9 Å². The lowest BCUT2D eigenvalue weighted by Crippen LogP contribution is -2.34. The Balaban J connectivity index is 1.93. The Morgan fingerprint density at radius 3 is 2.34 bits per heavy atom. The molecule has 168 valence electrons. The highest BCUT2D eigenvalue weighted by atomic mass is 35.5. The van der Waals surface area contributed by atoms with Crippen molar-refractivity contribution >= 4 is 33.2 Å². The second-order valence-corrected chi connectivity index (χ2v) is 9.77. The molecule has 0 aliphatic rings. The molecule has 3 aromatic carbocycles. The van der Waals surface area contributed by atoms with Gasteiger partial charge < -0.3 is 10.1 Å². The van der Waals surface area contributed by atoms with E-state index in [2.05, 4.69) is 5.32 Å². The maximum Gasteiger partial charge on any atom is 0.243 e. The number of hydrogen-bond acceptors (Lipinski definition) is 4. The van der Waals surface area contributed by atoms with Crippen molar-refractivity contribution in [3.63, 3.8) is 0 Å². The molecule has 6 nitrogen and oxygen atoms in total. The minimum Gasteiger partial charge on any atom is -0.497 e. The van der Waals surface area contributed by atoms with Crippen molar-refractivity contribution in [2.45, 2.75) is 24.3 Å². The molecule has 1 atom stereocenters. The molecule has 0 fully saturated rings. The first-order chi connectivity index (χ1) is 15.2. The van der Waals surface area contributed by atoms with Gasteiger partial charge in [-0.1, -0.05) is 48.0 Å². The third kappa shape index (κ3) is 5.48. The predicted octanol–water partition coefficient (Wildman–Crippen LogP) is 5.05. The van der Waals surface area contributed by atoms with Gasteiger partial charge in [0.1, 0.15) is 5.75 Å². The average Bonchev–Trinajstić information content (AvgIpc) is 2.80. The van der Waals surface area contributed by atoms with Crippen LogP contribution in [-0.2, 0) is 14.8 Å². The molecule has 32 heavy (non-hydrogen) atoms. The fourth-order valence-corrected chi connectivity index (χ4v) is 4.85. The SMILES string of the molecule is COc1ccc([C@@H](CC(=O)Nc2cc(Cl)ccc2C)N(C)S(=O)(=O)c2ccccc2)cc1. The van der Waals surface area contributed by atoms with Crippen molar-refractivity contribution in [3.8, 4) is 5.75 Å². The van der Waals surface area contributed by atoms with Gasteiger partial charge >= 0.3 is 0 Å². The number of carbonyl (C=O) groups excluding carboxylic acids is 1. The average molecular weight is 473 g/mol. The summed E-state index contributed by atoms with van der Waals surface area (Å²) in [4.78, 5) is 13.1. The number of sulfonamides is 1. The lowest BCUT2D eigenvalue weighted by Gasteiger charge is -2.28.